The minimum atomic E-state index is 0.414. The molecule has 88 valence electrons. The Bertz CT molecular complexity index is 445. The fraction of sp³-hybridized carbons (Fsp3) is 0.385. The Morgan fingerprint density at radius 3 is 2.88 bits per heavy atom. The van der Waals surface area contributed by atoms with Gasteiger partial charge in [-0.05, 0) is 31.0 Å². The number of rotatable bonds is 2. The van der Waals surface area contributed by atoms with Crippen LogP contribution in [0.25, 0.3) is 0 Å². The molecule has 0 saturated heterocycles. The molecule has 1 heterocycles. The first-order valence-corrected chi connectivity index (χ1v) is 6.70. The average Bonchev–Trinajstić information content (AvgIpc) is 2.32. The molecule has 0 aromatic heterocycles. The molecule has 0 saturated carbocycles. The normalized spacial score (nSPS) is 19.3. The minimum absolute atomic E-state index is 0.414. The molecule has 1 unspecified atom stereocenters. The number of nitrogens with one attached hydrogen (secondary N) is 1. The maximum atomic E-state index is 8.59. The van der Waals surface area contributed by atoms with E-state index < -0.39 is 0 Å². The maximum Gasteiger partial charge on any atom is 0.161 e. The van der Waals surface area contributed by atoms with E-state index in [-0.39, 0.29) is 0 Å². The molecule has 0 amide bonds. The van der Waals surface area contributed by atoms with Crippen molar-refractivity contribution in [3.63, 3.8) is 0 Å². The molecule has 1 atom stereocenters. The highest BCUT2D eigenvalue weighted by molar-refractivity contribution is 8.14. The second-order valence-corrected chi connectivity index (χ2v) is 5.16. The number of anilines is 1. The molecule has 17 heavy (non-hydrogen) atoms. The maximum absolute atomic E-state index is 8.59. The Hall–Kier alpha value is -1.47. The van der Waals surface area contributed by atoms with Crippen LogP contribution in [0.2, 0.25) is 0 Å². The van der Waals surface area contributed by atoms with Gasteiger partial charge < -0.3 is 5.32 Å². The third kappa shape index (κ3) is 3.50. The first-order valence-electron chi connectivity index (χ1n) is 5.71. The molecule has 1 aliphatic rings. The summed E-state index contributed by atoms with van der Waals surface area (Å²) in [5.74, 6) is 1.12. The van der Waals surface area contributed by atoms with E-state index in [1.807, 2.05) is 24.3 Å². The molecule has 0 spiro atoms. The van der Waals surface area contributed by atoms with Crippen LogP contribution in [0.3, 0.4) is 0 Å². The van der Waals surface area contributed by atoms with Crippen LogP contribution in [0.15, 0.2) is 29.3 Å². The lowest BCUT2D eigenvalue weighted by Crippen LogP contribution is -2.17. The summed E-state index contributed by atoms with van der Waals surface area (Å²) < 4.78 is 0. The molecule has 0 fully saturated rings. The summed E-state index contributed by atoms with van der Waals surface area (Å²) in [7, 11) is 0. The van der Waals surface area contributed by atoms with Gasteiger partial charge in [0, 0.05) is 11.4 Å². The van der Waals surface area contributed by atoms with Gasteiger partial charge in [-0.2, -0.15) is 5.26 Å². The predicted octanol–water partition coefficient (Wildman–Crippen LogP) is 3.05. The second kappa shape index (κ2) is 5.74. The zero-order chi connectivity index (χ0) is 12.1. The molecule has 2 rings (SSSR count). The molecule has 0 aliphatic carbocycles. The van der Waals surface area contributed by atoms with Crippen molar-refractivity contribution in [2.45, 2.75) is 25.8 Å². The largest absolute Gasteiger partial charge is 0.335 e. The van der Waals surface area contributed by atoms with Crippen molar-refractivity contribution in [2.75, 3.05) is 11.1 Å². The fourth-order valence-electron chi connectivity index (χ4n) is 1.62. The molecule has 1 aliphatic heterocycles. The lowest BCUT2D eigenvalue weighted by molar-refractivity contribution is 0.720. The predicted molar refractivity (Wildman–Crippen MR) is 73.4 cm³/mol. The summed E-state index contributed by atoms with van der Waals surface area (Å²) in [6.07, 6.45) is 1.62. The lowest BCUT2D eigenvalue weighted by atomic mass is 10.1. The van der Waals surface area contributed by atoms with Crippen molar-refractivity contribution < 1.29 is 0 Å². The minimum Gasteiger partial charge on any atom is -0.335 e. The highest BCUT2D eigenvalue weighted by atomic mass is 32.2. The number of amidine groups is 1. The van der Waals surface area contributed by atoms with E-state index in [9.17, 15) is 0 Å². The summed E-state index contributed by atoms with van der Waals surface area (Å²) in [5, 5.41) is 12.9. The van der Waals surface area contributed by atoms with E-state index in [2.05, 4.69) is 23.3 Å². The number of nitriles is 1. The zero-order valence-corrected chi connectivity index (χ0v) is 10.6. The Morgan fingerprint density at radius 2 is 2.24 bits per heavy atom. The van der Waals surface area contributed by atoms with Crippen LogP contribution < -0.4 is 5.32 Å². The first-order chi connectivity index (χ1) is 8.28. The van der Waals surface area contributed by atoms with Gasteiger partial charge in [-0.3, -0.25) is 4.99 Å². The summed E-state index contributed by atoms with van der Waals surface area (Å²) in [6, 6.07) is 10.5. The fourth-order valence-corrected chi connectivity index (χ4v) is 2.71. The van der Waals surface area contributed by atoms with Crippen molar-refractivity contribution in [3.05, 3.63) is 29.8 Å². The highest BCUT2D eigenvalue weighted by Crippen LogP contribution is 2.19. The Morgan fingerprint density at radius 1 is 1.47 bits per heavy atom. The molecule has 0 radical (unpaired) electrons. The SMILES string of the molecule is CC1CCSC(Nc2ccc(CC#N)cc2)=N1. The molecule has 0 bridgehead atoms. The van der Waals surface area contributed by atoms with E-state index in [1.54, 1.807) is 11.8 Å². The summed E-state index contributed by atoms with van der Waals surface area (Å²) in [5.41, 5.74) is 2.08. The van der Waals surface area contributed by atoms with Crippen LogP contribution in [0.4, 0.5) is 5.69 Å². The van der Waals surface area contributed by atoms with E-state index in [4.69, 9.17) is 5.26 Å². The van der Waals surface area contributed by atoms with Crippen LogP contribution >= 0.6 is 11.8 Å². The summed E-state index contributed by atoms with van der Waals surface area (Å²) >= 11 is 1.76. The molecular weight excluding hydrogens is 230 g/mol. The van der Waals surface area contributed by atoms with Gasteiger partial charge in [0.15, 0.2) is 5.17 Å². The monoisotopic (exact) mass is 245 g/mol. The molecular formula is C13H15N3S. The Labute approximate surface area is 106 Å². The van der Waals surface area contributed by atoms with Crippen LogP contribution in [0.5, 0.6) is 0 Å². The Balaban J connectivity index is 2.01. The van der Waals surface area contributed by atoms with Crippen LogP contribution in [0, 0.1) is 11.3 Å². The first kappa shape index (κ1) is 12.0. The number of benzene rings is 1. The van der Waals surface area contributed by atoms with Gasteiger partial charge in [-0.15, -0.1) is 0 Å². The van der Waals surface area contributed by atoms with E-state index >= 15 is 0 Å². The summed E-state index contributed by atoms with van der Waals surface area (Å²) in [4.78, 5) is 4.55. The van der Waals surface area contributed by atoms with E-state index in [1.165, 1.54) is 0 Å². The number of hydrogen-bond acceptors (Lipinski definition) is 4. The quantitative estimate of drug-likeness (QED) is 0.871. The number of nitrogens with zero attached hydrogens (tertiary/aromatic N) is 2. The molecule has 1 aromatic rings. The van der Waals surface area contributed by atoms with Crippen molar-refractivity contribution >= 4 is 22.6 Å². The van der Waals surface area contributed by atoms with Crippen molar-refractivity contribution in [3.8, 4) is 6.07 Å². The molecule has 3 nitrogen and oxygen atoms in total. The van der Waals surface area contributed by atoms with Gasteiger partial charge in [0.2, 0.25) is 0 Å². The topological polar surface area (TPSA) is 48.2 Å². The lowest BCUT2D eigenvalue weighted by Gasteiger charge is -2.17. The van der Waals surface area contributed by atoms with Crippen molar-refractivity contribution in [1.82, 2.24) is 0 Å². The van der Waals surface area contributed by atoms with Gasteiger partial charge >= 0.3 is 0 Å². The standard InChI is InChI=1S/C13H15N3S/c1-10-7-9-17-13(15-10)16-12-4-2-11(3-5-12)6-8-14/h2-5,10H,6-7,9H2,1H3,(H,15,16). The number of hydrogen-bond donors (Lipinski definition) is 1. The number of aliphatic imine (C=N–C) groups is 1. The summed E-state index contributed by atoms with van der Waals surface area (Å²) in [6.45, 7) is 2.14. The molecule has 1 N–H and O–H groups in total. The van der Waals surface area contributed by atoms with E-state index in [0.29, 0.717) is 12.5 Å². The Kier molecular flexibility index (Phi) is 4.05. The van der Waals surface area contributed by atoms with Gasteiger partial charge in [-0.25, -0.2) is 0 Å². The van der Waals surface area contributed by atoms with Crippen LogP contribution in [-0.4, -0.2) is 17.0 Å². The van der Waals surface area contributed by atoms with Gasteiger partial charge in [0.1, 0.15) is 0 Å². The third-order valence-electron chi connectivity index (χ3n) is 2.60. The van der Waals surface area contributed by atoms with Gasteiger partial charge in [0.05, 0.1) is 18.5 Å². The highest BCUT2D eigenvalue weighted by Gasteiger charge is 2.11. The molecule has 1 aromatic carbocycles. The van der Waals surface area contributed by atoms with Crippen molar-refractivity contribution in [2.24, 2.45) is 4.99 Å². The third-order valence-corrected chi connectivity index (χ3v) is 3.52. The zero-order valence-electron chi connectivity index (χ0n) is 9.81. The van der Waals surface area contributed by atoms with E-state index in [0.717, 1.165) is 28.6 Å². The smallest absolute Gasteiger partial charge is 0.161 e. The second-order valence-electron chi connectivity index (χ2n) is 4.08. The van der Waals surface area contributed by atoms with Crippen LogP contribution in [-0.2, 0) is 6.42 Å². The van der Waals surface area contributed by atoms with Gasteiger partial charge in [-0.1, -0.05) is 23.9 Å². The average molecular weight is 245 g/mol. The molecule has 4 heteroatoms. The van der Waals surface area contributed by atoms with Crippen LogP contribution in [0.1, 0.15) is 18.9 Å². The number of thioether (sulfide) groups is 1. The van der Waals surface area contributed by atoms with Gasteiger partial charge in [0.25, 0.3) is 0 Å². The van der Waals surface area contributed by atoms with Crippen molar-refractivity contribution in [1.29, 1.82) is 5.26 Å².